The number of hydrogen-bond acceptors (Lipinski definition) is 1. The van der Waals surface area contributed by atoms with E-state index in [1.54, 1.807) is 19.1 Å². The van der Waals surface area contributed by atoms with Crippen molar-refractivity contribution in [1.82, 2.24) is 0 Å². The molecule has 0 N–H and O–H groups in total. The van der Waals surface area contributed by atoms with Crippen molar-refractivity contribution < 1.29 is 18.0 Å². The van der Waals surface area contributed by atoms with Crippen LogP contribution in [0.25, 0.3) is 0 Å². The van der Waals surface area contributed by atoms with E-state index in [4.69, 9.17) is 0 Å². The molecule has 21 heavy (non-hydrogen) atoms. The number of rotatable bonds is 4. The predicted octanol–water partition coefficient (Wildman–Crippen LogP) is 4.81. The van der Waals surface area contributed by atoms with Gasteiger partial charge < -0.3 is 4.79 Å². The summed E-state index contributed by atoms with van der Waals surface area (Å²) in [4.78, 5) is 11.3. The van der Waals surface area contributed by atoms with Gasteiger partial charge in [0.2, 0.25) is 0 Å². The van der Waals surface area contributed by atoms with Gasteiger partial charge in [0.1, 0.15) is 5.78 Å². The van der Waals surface area contributed by atoms with Crippen LogP contribution in [0, 0.1) is 11.8 Å². The average molecular weight is 296 g/mol. The van der Waals surface area contributed by atoms with Gasteiger partial charge in [-0.15, -0.1) is 0 Å². The third kappa shape index (κ3) is 4.19. The highest BCUT2D eigenvalue weighted by Gasteiger charge is 2.34. The van der Waals surface area contributed by atoms with Crippen LogP contribution in [0.3, 0.4) is 0 Å². The maximum Gasteiger partial charge on any atom is 0.416 e. The largest absolute Gasteiger partial charge is 0.416 e. The smallest absolute Gasteiger partial charge is 0.300 e. The normalized spacial score (nSPS) is 22.3. The molecule has 1 nitrogen and oxygen atoms in total. The minimum Gasteiger partial charge on any atom is -0.300 e. The number of Topliss-reactive ketones (excluding diaryl/α,β-unsaturated/α-hetero) is 1. The Labute approximate surface area is 122 Å². The molecule has 0 bridgehead atoms. The van der Waals surface area contributed by atoms with E-state index in [9.17, 15) is 18.0 Å². The number of ketones is 1. The molecule has 1 aliphatic carbocycles. The first-order chi connectivity index (χ1) is 9.88. The molecule has 114 valence electrons. The fraction of sp³-hybridized carbons (Fsp3) is 0.471. The topological polar surface area (TPSA) is 17.1 Å². The number of alkyl halides is 3. The van der Waals surface area contributed by atoms with Gasteiger partial charge in [-0.2, -0.15) is 13.2 Å². The highest BCUT2D eigenvalue weighted by atomic mass is 19.4. The van der Waals surface area contributed by atoms with E-state index in [1.165, 1.54) is 6.07 Å². The highest BCUT2D eigenvalue weighted by Crippen LogP contribution is 2.36. The van der Waals surface area contributed by atoms with Gasteiger partial charge in [0.15, 0.2) is 0 Å². The molecule has 0 amide bonds. The van der Waals surface area contributed by atoms with Gasteiger partial charge in [0.05, 0.1) is 5.56 Å². The summed E-state index contributed by atoms with van der Waals surface area (Å²) >= 11 is 0. The van der Waals surface area contributed by atoms with Gasteiger partial charge in [0.25, 0.3) is 0 Å². The summed E-state index contributed by atoms with van der Waals surface area (Å²) < 4.78 is 39.1. The van der Waals surface area contributed by atoms with Crippen LogP contribution in [0.15, 0.2) is 36.4 Å². The van der Waals surface area contributed by atoms with Crippen LogP contribution in [-0.2, 0) is 17.4 Å². The molecule has 0 heterocycles. The zero-order valence-corrected chi connectivity index (χ0v) is 12.0. The molecule has 0 spiro atoms. The van der Waals surface area contributed by atoms with E-state index in [-0.39, 0.29) is 17.6 Å². The molecular weight excluding hydrogens is 277 g/mol. The van der Waals surface area contributed by atoms with Gasteiger partial charge in [-0.25, -0.2) is 0 Å². The first-order valence-corrected chi connectivity index (χ1v) is 7.17. The summed E-state index contributed by atoms with van der Waals surface area (Å²) in [5.74, 6) is 0.348. The van der Waals surface area contributed by atoms with E-state index in [1.807, 2.05) is 12.2 Å². The van der Waals surface area contributed by atoms with E-state index >= 15 is 0 Å². The van der Waals surface area contributed by atoms with Crippen LogP contribution in [0.4, 0.5) is 13.2 Å². The van der Waals surface area contributed by atoms with Crippen LogP contribution >= 0.6 is 0 Å². The van der Waals surface area contributed by atoms with Crippen molar-refractivity contribution >= 4 is 5.78 Å². The van der Waals surface area contributed by atoms with Gasteiger partial charge in [-0.3, -0.25) is 0 Å². The Morgan fingerprint density at radius 3 is 2.38 bits per heavy atom. The minimum absolute atomic E-state index is 0.0994. The van der Waals surface area contributed by atoms with Crippen molar-refractivity contribution in [3.63, 3.8) is 0 Å². The fourth-order valence-corrected chi connectivity index (χ4v) is 3.05. The molecule has 0 radical (unpaired) electrons. The molecule has 2 rings (SSSR count). The summed E-state index contributed by atoms with van der Waals surface area (Å²) in [6, 6.07) is 5.74. The summed E-state index contributed by atoms with van der Waals surface area (Å²) in [6.45, 7) is 1.54. The summed E-state index contributed by atoms with van der Waals surface area (Å²) in [6.07, 6.45) is 2.05. The molecule has 2 atom stereocenters. The second kappa shape index (κ2) is 6.46. The molecule has 0 aromatic heterocycles. The third-order valence-electron chi connectivity index (χ3n) is 4.07. The van der Waals surface area contributed by atoms with E-state index in [2.05, 4.69) is 0 Å². The summed E-state index contributed by atoms with van der Waals surface area (Å²) in [5, 5.41) is 0. The van der Waals surface area contributed by atoms with Crippen molar-refractivity contribution in [2.75, 3.05) is 0 Å². The molecular formula is C17H19F3O. The quantitative estimate of drug-likeness (QED) is 0.729. The number of allylic oxidation sites excluding steroid dienone is 2. The molecule has 1 aromatic rings. The van der Waals surface area contributed by atoms with Crippen molar-refractivity contribution in [2.45, 2.75) is 38.8 Å². The van der Waals surface area contributed by atoms with E-state index in [0.717, 1.165) is 18.9 Å². The van der Waals surface area contributed by atoms with Crippen LogP contribution in [-0.4, -0.2) is 5.78 Å². The van der Waals surface area contributed by atoms with Crippen molar-refractivity contribution in [3.05, 3.63) is 47.5 Å². The third-order valence-corrected chi connectivity index (χ3v) is 4.07. The molecule has 0 saturated carbocycles. The van der Waals surface area contributed by atoms with Gasteiger partial charge in [-0.1, -0.05) is 30.4 Å². The number of carbonyl (C=O) groups is 1. The van der Waals surface area contributed by atoms with Crippen LogP contribution in [0.1, 0.15) is 37.3 Å². The molecule has 0 fully saturated rings. The second-order valence-electron chi connectivity index (χ2n) is 5.73. The van der Waals surface area contributed by atoms with Crippen LogP contribution < -0.4 is 0 Å². The lowest BCUT2D eigenvalue weighted by Gasteiger charge is -2.28. The number of halogens is 3. The lowest BCUT2D eigenvalue weighted by atomic mass is 9.76. The first-order valence-electron chi connectivity index (χ1n) is 7.17. The lowest BCUT2D eigenvalue weighted by molar-refractivity contribution is -0.138. The fourth-order valence-electron chi connectivity index (χ4n) is 3.05. The lowest BCUT2D eigenvalue weighted by Crippen LogP contribution is -2.22. The minimum atomic E-state index is -4.32. The maximum atomic E-state index is 13.0. The molecule has 0 saturated heterocycles. The van der Waals surface area contributed by atoms with Gasteiger partial charge in [-0.05, 0) is 49.7 Å². The van der Waals surface area contributed by atoms with Gasteiger partial charge in [0, 0.05) is 6.42 Å². The Hall–Kier alpha value is -1.58. The monoisotopic (exact) mass is 296 g/mol. The molecule has 4 heteroatoms. The molecule has 1 aliphatic rings. The van der Waals surface area contributed by atoms with Crippen LogP contribution in [0.2, 0.25) is 0 Å². The Morgan fingerprint density at radius 1 is 1.14 bits per heavy atom. The molecule has 2 unspecified atom stereocenters. The van der Waals surface area contributed by atoms with Crippen molar-refractivity contribution in [1.29, 1.82) is 0 Å². The standard InChI is InChI=1S/C17H19F3O/c1-12(21)10-13-6-2-3-7-14(13)11-15-8-4-5-9-16(15)17(18,19)20/h2-5,8-9,13-14H,6-7,10-11H2,1H3. The average Bonchev–Trinajstić information content (AvgIpc) is 2.40. The van der Waals surface area contributed by atoms with E-state index < -0.39 is 11.7 Å². The number of hydrogen-bond donors (Lipinski definition) is 0. The SMILES string of the molecule is CC(=O)CC1CC=CCC1Cc1ccccc1C(F)(F)F. The summed E-state index contributed by atoms with van der Waals surface area (Å²) in [5.41, 5.74) is -0.222. The van der Waals surface area contributed by atoms with E-state index in [0.29, 0.717) is 18.4 Å². The highest BCUT2D eigenvalue weighted by molar-refractivity contribution is 5.75. The zero-order valence-electron chi connectivity index (χ0n) is 12.0. The van der Waals surface area contributed by atoms with Crippen molar-refractivity contribution in [3.8, 4) is 0 Å². The zero-order chi connectivity index (χ0) is 15.5. The Bertz CT molecular complexity index is 531. The first kappa shape index (κ1) is 15.8. The molecule has 1 aromatic carbocycles. The second-order valence-corrected chi connectivity index (χ2v) is 5.73. The Morgan fingerprint density at radius 2 is 1.76 bits per heavy atom. The predicted molar refractivity (Wildman–Crippen MR) is 75.8 cm³/mol. The maximum absolute atomic E-state index is 13.0. The summed E-state index contributed by atoms with van der Waals surface area (Å²) in [7, 11) is 0. The Balaban J connectivity index is 2.20. The molecule has 0 aliphatic heterocycles. The number of benzene rings is 1. The Kier molecular flexibility index (Phi) is 4.86. The number of carbonyl (C=O) groups excluding carboxylic acids is 1. The van der Waals surface area contributed by atoms with Gasteiger partial charge >= 0.3 is 6.18 Å². The van der Waals surface area contributed by atoms with Crippen molar-refractivity contribution in [2.24, 2.45) is 11.8 Å². The van der Waals surface area contributed by atoms with Crippen LogP contribution in [0.5, 0.6) is 0 Å².